The summed E-state index contributed by atoms with van der Waals surface area (Å²) in [5.41, 5.74) is 4.53. The summed E-state index contributed by atoms with van der Waals surface area (Å²) < 4.78 is 9.23. The van der Waals surface area contributed by atoms with E-state index in [0.29, 0.717) is 13.1 Å². The van der Waals surface area contributed by atoms with E-state index >= 15 is 0 Å². The van der Waals surface area contributed by atoms with E-state index in [0.717, 1.165) is 40.7 Å². The van der Waals surface area contributed by atoms with Gasteiger partial charge in [-0.15, -0.1) is 10.2 Å². The molecule has 0 radical (unpaired) electrons. The lowest BCUT2D eigenvalue weighted by Gasteiger charge is -2.33. The van der Waals surface area contributed by atoms with Gasteiger partial charge in [-0.05, 0) is 69.0 Å². The predicted octanol–water partition coefficient (Wildman–Crippen LogP) is 4.25. The van der Waals surface area contributed by atoms with Crippen LogP contribution in [0.3, 0.4) is 0 Å². The molecule has 0 aliphatic carbocycles. The van der Waals surface area contributed by atoms with E-state index in [1.165, 1.54) is 0 Å². The van der Waals surface area contributed by atoms with Crippen LogP contribution in [0.2, 0.25) is 0 Å². The maximum Gasteiger partial charge on any atom is 0.410 e. The number of aromatic nitrogens is 6. The molecule has 9 nitrogen and oxygen atoms in total. The van der Waals surface area contributed by atoms with Crippen LogP contribution in [0, 0.1) is 0 Å². The Labute approximate surface area is 191 Å². The Balaban J connectivity index is 1.30. The lowest BCUT2D eigenvalue weighted by molar-refractivity contribution is 0.0185. The number of fused-ring (bicyclic) bond motifs is 1. The molecule has 0 saturated carbocycles. The van der Waals surface area contributed by atoms with Crippen molar-refractivity contribution in [1.29, 1.82) is 0 Å². The van der Waals surface area contributed by atoms with E-state index in [2.05, 4.69) is 51.0 Å². The third-order valence-corrected chi connectivity index (χ3v) is 5.82. The highest BCUT2D eigenvalue weighted by atomic mass is 16.6. The summed E-state index contributed by atoms with van der Waals surface area (Å²) in [6, 6.07) is 14.6. The van der Waals surface area contributed by atoms with Crippen LogP contribution in [-0.4, -0.2) is 59.7 Å². The van der Waals surface area contributed by atoms with Gasteiger partial charge in [0.2, 0.25) is 0 Å². The molecule has 1 fully saturated rings. The fraction of sp³-hybridized carbons (Fsp3) is 0.375. The zero-order valence-electron chi connectivity index (χ0n) is 19.0. The molecule has 5 rings (SSSR count). The zero-order chi connectivity index (χ0) is 23.0. The quantitative estimate of drug-likeness (QED) is 0.468. The van der Waals surface area contributed by atoms with Gasteiger partial charge in [0.25, 0.3) is 0 Å². The van der Waals surface area contributed by atoms with Crippen LogP contribution in [-0.2, 0) is 4.74 Å². The second-order valence-electron chi connectivity index (χ2n) is 9.33. The highest BCUT2D eigenvalue weighted by molar-refractivity contribution is 5.81. The number of likely N-dealkylation sites (tertiary alicyclic amines) is 1. The lowest BCUT2D eigenvalue weighted by Crippen LogP contribution is -2.42. The first-order valence-corrected chi connectivity index (χ1v) is 11.2. The molecule has 3 heterocycles. The Morgan fingerprint density at radius 3 is 2.39 bits per heavy atom. The number of carbonyl (C=O) groups is 1. The number of benzene rings is 2. The second kappa shape index (κ2) is 8.31. The summed E-state index contributed by atoms with van der Waals surface area (Å²) in [6.07, 6.45) is 4.87. The van der Waals surface area contributed by atoms with Gasteiger partial charge in [0.1, 0.15) is 11.1 Å². The first-order valence-electron chi connectivity index (χ1n) is 11.2. The lowest BCUT2D eigenvalue weighted by atomic mass is 10.0. The number of nitrogens with zero attached hydrogens (tertiary/aromatic N) is 7. The first kappa shape index (κ1) is 21.1. The SMILES string of the molecule is CC(C)(C)OC(=O)N1CCC(n2nnc3cc(-c4ccc(-n5ccnn5)cc4)ccc32)CC1. The van der Waals surface area contributed by atoms with Crippen LogP contribution < -0.4 is 0 Å². The molecular formula is C24H27N7O2. The van der Waals surface area contributed by atoms with Gasteiger partial charge < -0.3 is 9.64 Å². The number of hydrogen-bond acceptors (Lipinski definition) is 6. The maximum atomic E-state index is 12.3. The molecule has 0 spiro atoms. The summed E-state index contributed by atoms with van der Waals surface area (Å²) in [4.78, 5) is 14.1. The average molecular weight is 446 g/mol. The van der Waals surface area contributed by atoms with Crippen LogP contribution >= 0.6 is 0 Å². The summed E-state index contributed by atoms with van der Waals surface area (Å²) >= 11 is 0. The molecule has 2 aromatic carbocycles. The van der Waals surface area contributed by atoms with E-state index in [1.54, 1.807) is 15.8 Å². The third kappa shape index (κ3) is 4.44. The molecule has 0 unspecified atom stereocenters. The fourth-order valence-corrected chi connectivity index (χ4v) is 4.16. The molecular weight excluding hydrogens is 418 g/mol. The number of rotatable bonds is 3. The van der Waals surface area contributed by atoms with Crippen molar-refractivity contribution in [3.63, 3.8) is 0 Å². The zero-order valence-corrected chi connectivity index (χ0v) is 19.0. The summed E-state index contributed by atoms with van der Waals surface area (Å²) in [7, 11) is 0. The topological polar surface area (TPSA) is 91.0 Å². The van der Waals surface area contributed by atoms with Gasteiger partial charge in [-0.1, -0.05) is 28.6 Å². The van der Waals surface area contributed by atoms with Gasteiger partial charge in [0.05, 0.1) is 29.6 Å². The van der Waals surface area contributed by atoms with Crippen LogP contribution in [0.4, 0.5) is 4.79 Å². The van der Waals surface area contributed by atoms with Crippen molar-refractivity contribution in [2.75, 3.05) is 13.1 Å². The van der Waals surface area contributed by atoms with E-state index in [1.807, 2.05) is 43.8 Å². The maximum absolute atomic E-state index is 12.3. The summed E-state index contributed by atoms with van der Waals surface area (Å²) in [5.74, 6) is 0. The smallest absolute Gasteiger partial charge is 0.410 e. The molecule has 1 aliphatic rings. The number of hydrogen-bond donors (Lipinski definition) is 0. The molecule has 33 heavy (non-hydrogen) atoms. The average Bonchev–Trinajstić information content (AvgIpc) is 3.48. The minimum atomic E-state index is -0.482. The largest absolute Gasteiger partial charge is 0.444 e. The third-order valence-electron chi connectivity index (χ3n) is 5.82. The van der Waals surface area contributed by atoms with Crippen molar-refractivity contribution in [2.45, 2.75) is 45.3 Å². The monoisotopic (exact) mass is 445 g/mol. The molecule has 4 aromatic rings. The van der Waals surface area contributed by atoms with Gasteiger partial charge >= 0.3 is 6.09 Å². The van der Waals surface area contributed by atoms with E-state index in [9.17, 15) is 4.79 Å². The van der Waals surface area contributed by atoms with Crippen molar-refractivity contribution in [1.82, 2.24) is 34.9 Å². The van der Waals surface area contributed by atoms with Gasteiger partial charge in [0.15, 0.2) is 0 Å². The molecule has 9 heteroatoms. The molecule has 1 aliphatic heterocycles. The van der Waals surface area contributed by atoms with Crippen LogP contribution in [0.15, 0.2) is 54.9 Å². The summed E-state index contributed by atoms with van der Waals surface area (Å²) in [6.45, 7) is 6.96. The molecule has 170 valence electrons. The number of piperidine rings is 1. The molecule has 1 amide bonds. The van der Waals surface area contributed by atoms with Gasteiger partial charge in [-0.2, -0.15) is 0 Å². The minimum Gasteiger partial charge on any atom is -0.444 e. The van der Waals surface area contributed by atoms with Gasteiger partial charge in [0, 0.05) is 13.1 Å². The highest BCUT2D eigenvalue weighted by Crippen LogP contribution is 2.29. The fourth-order valence-electron chi connectivity index (χ4n) is 4.16. The van der Waals surface area contributed by atoms with Crippen LogP contribution in [0.1, 0.15) is 39.7 Å². The predicted molar refractivity (Wildman–Crippen MR) is 124 cm³/mol. The van der Waals surface area contributed by atoms with Gasteiger partial charge in [-0.3, -0.25) is 0 Å². The Bertz CT molecular complexity index is 1250. The van der Waals surface area contributed by atoms with Crippen molar-refractivity contribution in [3.05, 3.63) is 54.9 Å². The van der Waals surface area contributed by atoms with Gasteiger partial charge in [-0.25, -0.2) is 14.2 Å². The molecule has 0 atom stereocenters. The highest BCUT2D eigenvalue weighted by Gasteiger charge is 2.28. The number of amides is 1. The van der Waals surface area contributed by atoms with E-state index in [4.69, 9.17) is 4.74 Å². The van der Waals surface area contributed by atoms with Crippen molar-refractivity contribution in [2.24, 2.45) is 0 Å². The van der Waals surface area contributed by atoms with E-state index in [-0.39, 0.29) is 12.1 Å². The number of carbonyl (C=O) groups excluding carboxylic acids is 1. The van der Waals surface area contributed by atoms with Crippen LogP contribution in [0.5, 0.6) is 0 Å². The normalized spacial score (nSPS) is 15.2. The number of ether oxygens (including phenoxy) is 1. The second-order valence-corrected chi connectivity index (χ2v) is 9.33. The van der Waals surface area contributed by atoms with Crippen LogP contribution in [0.25, 0.3) is 27.8 Å². The van der Waals surface area contributed by atoms with Crippen molar-refractivity contribution in [3.8, 4) is 16.8 Å². The Kier molecular flexibility index (Phi) is 5.32. The first-order chi connectivity index (χ1) is 15.9. The minimum absolute atomic E-state index is 0.210. The van der Waals surface area contributed by atoms with Crippen molar-refractivity contribution >= 4 is 17.1 Å². The Hall–Kier alpha value is -3.75. The molecule has 2 aromatic heterocycles. The van der Waals surface area contributed by atoms with Crippen molar-refractivity contribution < 1.29 is 9.53 Å². The Morgan fingerprint density at radius 2 is 1.73 bits per heavy atom. The molecule has 0 bridgehead atoms. The molecule has 1 saturated heterocycles. The summed E-state index contributed by atoms with van der Waals surface area (Å²) in [5, 5.41) is 16.7. The van der Waals surface area contributed by atoms with E-state index < -0.39 is 5.60 Å². The Morgan fingerprint density at radius 1 is 1.00 bits per heavy atom. The standard InChI is InChI=1S/C24H27N7O2/c1-24(2,3)33-23(32)29-13-10-20(11-14-29)31-22-9-6-18(16-21(22)26-28-31)17-4-7-19(8-5-17)30-15-12-25-27-30/h4-9,12,15-16,20H,10-11,13-14H2,1-3H3. The molecule has 0 N–H and O–H groups in total.